The minimum atomic E-state index is -0.872. The second-order valence-corrected chi connectivity index (χ2v) is 8.71. The molecule has 0 spiro atoms. The molecule has 3 amide bonds. The summed E-state index contributed by atoms with van der Waals surface area (Å²) < 4.78 is 5.91. The minimum absolute atomic E-state index is 0.0433. The van der Waals surface area contributed by atoms with Gasteiger partial charge in [0, 0.05) is 28.9 Å². The highest BCUT2D eigenvalue weighted by Crippen LogP contribution is 2.43. The molecule has 1 fully saturated rings. The number of carbonyl (C=O) groups excluding carboxylic acids is 3. The number of benzene rings is 3. The molecule has 7 heteroatoms. The molecule has 3 heterocycles. The van der Waals surface area contributed by atoms with Gasteiger partial charge in [0.05, 0.1) is 11.3 Å². The maximum atomic E-state index is 13.3. The van der Waals surface area contributed by atoms with Crippen LogP contribution in [-0.4, -0.2) is 34.8 Å². The number of hydrogen-bond acceptors (Lipinski definition) is 4. The van der Waals surface area contributed by atoms with E-state index >= 15 is 0 Å². The van der Waals surface area contributed by atoms with Crippen molar-refractivity contribution in [3.63, 3.8) is 0 Å². The minimum Gasteiger partial charge on any atom is -0.456 e. The van der Waals surface area contributed by atoms with Gasteiger partial charge in [0.1, 0.15) is 23.4 Å². The summed E-state index contributed by atoms with van der Waals surface area (Å²) in [5, 5.41) is 4.87. The van der Waals surface area contributed by atoms with E-state index in [0.29, 0.717) is 35.4 Å². The molecule has 2 aliphatic rings. The van der Waals surface area contributed by atoms with Crippen LogP contribution in [-0.2, 0) is 9.59 Å². The molecule has 2 aliphatic heterocycles. The Hall–Kier alpha value is -4.13. The molecule has 1 atom stereocenters. The monoisotopic (exact) mass is 439 g/mol. The molecule has 6 rings (SSSR count). The SMILES string of the molecule is CC12CCC(=O)N1c1ccccc1C(=O)N2CC(=O)Nc1ccc2c(c1)oc1ccccc12. The second-order valence-electron chi connectivity index (χ2n) is 8.71. The zero-order chi connectivity index (χ0) is 22.7. The number of nitrogens with one attached hydrogen (secondary N) is 1. The molecule has 0 radical (unpaired) electrons. The summed E-state index contributed by atoms with van der Waals surface area (Å²) in [4.78, 5) is 42.2. The zero-order valence-electron chi connectivity index (χ0n) is 18.0. The lowest BCUT2D eigenvalue weighted by molar-refractivity contribution is -0.120. The summed E-state index contributed by atoms with van der Waals surface area (Å²) >= 11 is 0. The van der Waals surface area contributed by atoms with E-state index in [1.54, 1.807) is 29.2 Å². The van der Waals surface area contributed by atoms with Gasteiger partial charge in [-0.05, 0) is 43.7 Å². The largest absolute Gasteiger partial charge is 0.456 e. The Morgan fingerprint density at radius 2 is 1.76 bits per heavy atom. The number of amides is 3. The second kappa shape index (κ2) is 6.93. The average Bonchev–Trinajstić information content (AvgIpc) is 3.33. The lowest BCUT2D eigenvalue weighted by Crippen LogP contribution is -2.63. The molecule has 7 nitrogen and oxygen atoms in total. The van der Waals surface area contributed by atoms with Crippen molar-refractivity contribution in [2.45, 2.75) is 25.4 Å². The molecular formula is C26H21N3O4. The fourth-order valence-corrected chi connectivity index (χ4v) is 5.09. The summed E-state index contributed by atoms with van der Waals surface area (Å²) in [6, 6.07) is 20.4. The number of rotatable bonds is 3. The number of para-hydroxylation sites is 2. The molecule has 0 bridgehead atoms. The molecule has 4 aromatic rings. The lowest BCUT2D eigenvalue weighted by Gasteiger charge is -2.48. The Kier molecular flexibility index (Phi) is 4.11. The van der Waals surface area contributed by atoms with Gasteiger partial charge in [0.2, 0.25) is 11.8 Å². The van der Waals surface area contributed by atoms with E-state index in [1.807, 2.05) is 49.4 Å². The third kappa shape index (κ3) is 2.85. The Balaban J connectivity index is 1.29. The van der Waals surface area contributed by atoms with E-state index in [1.165, 1.54) is 4.90 Å². The Morgan fingerprint density at radius 1 is 1.00 bits per heavy atom. The molecule has 1 N–H and O–H groups in total. The fraction of sp³-hybridized carbons (Fsp3) is 0.192. The number of fused-ring (bicyclic) bond motifs is 6. The standard InChI is InChI=1S/C26H21N3O4/c1-26-13-12-24(31)29(26)20-8-4-2-7-19(20)25(32)28(26)15-23(30)27-16-10-11-18-17-6-3-5-9-21(17)33-22(18)14-16/h2-11,14H,12-13,15H2,1H3,(H,27,30). The van der Waals surface area contributed by atoms with Gasteiger partial charge in [-0.1, -0.05) is 30.3 Å². The first-order valence-corrected chi connectivity index (χ1v) is 10.9. The van der Waals surface area contributed by atoms with Crippen molar-refractivity contribution in [2.75, 3.05) is 16.8 Å². The highest BCUT2D eigenvalue weighted by atomic mass is 16.3. The first kappa shape index (κ1) is 19.5. The molecule has 1 unspecified atom stereocenters. The van der Waals surface area contributed by atoms with Gasteiger partial charge < -0.3 is 14.6 Å². The normalized spacial score (nSPS) is 19.8. The van der Waals surface area contributed by atoms with E-state index in [-0.39, 0.29) is 24.3 Å². The van der Waals surface area contributed by atoms with Crippen LogP contribution in [0.15, 0.2) is 71.1 Å². The van der Waals surface area contributed by atoms with Crippen LogP contribution in [0.4, 0.5) is 11.4 Å². The molecule has 1 saturated heterocycles. The van der Waals surface area contributed by atoms with Crippen LogP contribution in [0.1, 0.15) is 30.1 Å². The third-order valence-corrected chi connectivity index (χ3v) is 6.71. The highest BCUT2D eigenvalue weighted by molar-refractivity contribution is 6.12. The van der Waals surface area contributed by atoms with Crippen molar-refractivity contribution >= 4 is 51.0 Å². The molecule has 1 aromatic heterocycles. The molecule has 0 aliphatic carbocycles. The Labute approximate surface area is 189 Å². The van der Waals surface area contributed by atoms with Crippen LogP contribution in [0.3, 0.4) is 0 Å². The molecular weight excluding hydrogens is 418 g/mol. The third-order valence-electron chi connectivity index (χ3n) is 6.71. The van der Waals surface area contributed by atoms with Crippen LogP contribution in [0.5, 0.6) is 0 Å². The molecule has 3 aromatic carbocycles. The van der Waals surface area contributed by atoms with E-state index in [2.05, 4.69) is 5.32 Å². The molecule has 33 heavy (non-hydrogen) atoms. The quantitative estimate of drug-likeness (QED) is 0.509. The average molecular weight is 439 g/mol. The Morgan fingerprint density at radius 3 is 2.64 bits per heavy atom. The van der Waals surface area contributed by atoms with Gasteiger partial charge in [-0.3, -0.25) is 19.3 Å². The fourth-order valence-electron chi connectivity index (χ4n) is 5.09. The van der Waals surface area contributed by atoms with Crippen molar-refractivity contribution in [1.29, 1.82) is 0 Å². The van der Waals surface area contributed by atoms with E-state index in [4.69, 9.17) is 4.42 Å². The van der Waals surface area contributed by atoms with E-state index in [9.17, 15) is 14.4 Å². The predicted octanol–water partition coefficient (Wildman–Crippen LogP) is 4.52. The summed E-state index contributed by atoms with van der Waals surface area (Å²) in [5.41, 5.74) is 2.22. The molecule has 0 saturated carbocycles. The lowest BCUT2D eigenvalue weighted by atomic mass is 9.98. The topological polar surface area (TPSA) is 82.9 Å². The van der Waals surface area contributed by atoms with Crippen LogP contribution in [0.25, 0.3) is 21.9 Å². The highest BCUT2D eigenvalue weighted by Gasteiger charge is 2.53. The van der Waals surface area contributed by atoms with Gasteiger partial charge in [-0.25, -0.2) is 0 Å². The first-order valence-electron chi connectivity index (χ1n) is 10.9. The van der Waals surface area contributed by atoms with Gasteiger partial charge in [0.25, 0.3) is 5.91 Å². The van der Waals surface area contributed by atoms with Crippen LogP contribution in [0.2, 0.25) is 0 Å². The van der Waals surface area contributed by atoms with E-state index < -0.39 is 5.66 Å². The van der Waals surface area contributed by atoms with Crippen LogP contribution < -0.4 is 10.2 Å². The molecule has 164 valence electrons. The van der Waals surface area contributed by atoms with Crippen molar-refractivity contribution in [3.05, 3.63) is 72.3 Å². The Bertz CT molecular complexity index is 1470. The number of carbonyl (C=O) groups is 3. The van der Waals surface area contributed by atoms with Crippen molar-refractivity contribution in [1.82, 2.24) is 4.90 Å². The number of furan rings is 1. The van der Waals surface area contributed by atoms with Crippen LogP contribution in [0, 0.1) is 0 Å². The number of anilines is 2. The van der Waals surface area contributed by atoms with Crippen molar-refractivity contribution in [2.24, 2.45) is 0 Å². The maximum absolute atomic E-state index is 13.3. The van der Waals surface area contributed by atoms with Gasteiger partial charge in [0.15, 0.2) is 0 Å². The summed E-state index contributed by atoms with van der Waals surface area (Å²) in [6.07, 6.45) is 0.809. The predicted molar refractivity (Wildman–Crippen MR) is 125 cm³/mol. The van der Waals surface area contributed by atoms with Crippen LogP contribution >= 0.6 is 0 Å². The summed E-state index contributed by atoms with van der Waals surface area (Å²) in [7, 11) is 0. The van der Waals surface area contributed by atoms with Crippen molar-refractivity contribution < 1.29 is 18.8 Å². The van der Waals surface area contributed by atoms with Gasteiger partial charge in [-0.2, -0.15) is 0 Å². The smallest absolute Gasteiger partial charge is 0.258 e. The van der Waals surface area contributed by atoms with Gasteiger partial charge >= 0.3 is 0 Å². The van der Waals surface area contributed by atoms with Crippen molar-refractivity contribution in [3.8, 4) is 0 Å². The first-order chi connectivity index (χ1) is 16.0. The summed E-state index contributed by atoms with van der Waals surface area (Å²) in [6.45, 7) is 1.69. The zero-order valence-corrected chi connectivity index (χ0v) is 18.0. The number of hydrogen-bond donors (Lipinski definition) is 1. The number of nitrogens with zero attached hydrogens (tertiary/aromatic N) is 2. The van der Waals surface area contributed by atoms with Gasteiger partial charge in [-0.15, -0.1) is 0 Å². The van der Waals surface area contributed by atoms with E-state index in [0.717, 1.165) is 16.4 Å². The summed E-state index contributed by atoms with van der Waals surface area (Å²) in [5.74, 6) is -0.626. The maximum Gasteiger partial charge on any atom is 0.258 e.